The van der Waals surface area contributed by atoms with Crippen LogP contribution in [0.25, 0.3) is 0 Å². The third-order valence-electron chi connectivity index (χ3n) is 0.921. The zero-order chi connectivity index (χ0) is 8.04. The van der Waals surface area contributed by atoms with Crippen molar-refractivity contribution in [3.8, 4) is 0 Å². The number of rotatable bonds is 5. The Morgan fingerprint density at radius 1 is 1.18 bits per heavy atom. The van der Waals surface area contributed by atoms with Crippen molar-refractivity contribution in [2.24, 2.45) is 0 Å². The molecule has 0 unspecified atom stereocenters. The van der Waals surface area contributed by atoms with Gasteiger partial charge in [-0.1, -0.05) is 13.8 Å². The van der Waals surface area contributed by atoms with Gasteiger partial charge in [0.25, 0.3) is 10.1 Å². The molecule has 0 bridgehead atoms. The molecule has 0 fully saturated rings. The summed E-state index contributed by atoms with van der Waals surface area (Å²) in [6.07, 6.45) is 1.36. The van der Waals surface area contributed by atoms with Crippen molar-refractivity contribution in [2.75, 3.05) is 12.4 Å². The molecule has 0 amide bonds. The number of hydrogen-bond acceptors (Lipinski definition) is 3. The fourth-order valence-electron chi connectivity index (χ4n) is 0.519. The van der Waals surface area contributed by atoms with Crippen LogP contribution in [0.15, 0.2) is 0 Å². The molecule has 0 heterocycles. The summed E-state index contributed by atoms with van der Waals surface area (Å²) < 4.78 is 26.1. The van der Waals surface area contributed by atoms with E-state index in [0.717, 1.165) is 6.42 Å². The van der Waals surface area contributed by atoms with Crippen molar-refractivity contribution in [2.45, 2.75) is 26.7 Å². The molecule has 0 N–H and O–H groups in total. The van der Waals surface area contributed by atoms with Gasteiger partial charge >= 0.3 is 29.6 Å². The molecule has 0 saturated carbocycles. The Bertz CT molecular complexity index is 165. The van der Waals surface area contributed by atoms with Crippen molar-refractivity contribution in [3.05, 3.63) is 0 Å². The average molecular weight is 190 g/mol. The van der Waals surface area contributed by atoms with Gasteiger partial charge in [0.1, 0.15) is 0 Å². The molecule has 3 nitrogen and oxygen atoms in total. The van der Waals surface area contributed by atoms with Gasteiger partial charge in [0.15, 0.2) is 0 Å². The van der Waals surface area contributed by atoms with E-state index in [4.69, 9.17) is 0 Å². The summed E-state index contributed by atoms with van der Waals surface area (Å²) in [6, 6.07) is 0. The van der Waals surface area contributed by atoms with Gasteiger partial charge in [0.05, 0.1) is 12.4 Å². The van der Waals surface area contributed by atoms with Crippen LogP contribution in [0.1, 0.15) is 26.7 Å². The van der Waals surface area contributed by atoms with Crippen LogP contribution in [0, 0.1) is 0 Å². The summed E-state index contributed by atoms with van der Waals surface area (Å²) in [4.78, 5) is 0. The van der Waals surface area contributed by atoms with E-state index in [9.17, 15) is 8.42 Å². The summed E-state index contributed by atoms with van der Waals surface area (Å²) in [7, 11) is -3.19. The molecule has 0 radical (unpaired) electrons. The first kappa shape index (κ1) is 14.4. The van der Waals surface area contributed by atoms with Gasteiger partial charge in [0, 0.05) is 0 Å². The Labute approximate surface area is 90.9 Å². The molecule has 0 aromatic heterocycles. The van der Waals surface area contributed by atoms with Crippen molar-refractivity contribution in [3.63, 3.8) is 0 Å². The zero-order valence-electron chi connectivity index (χ0n) is 6.46. The van der Waals surface area contributed by atoms with Crippen molar-refractivity contribution >= 4 is 39.7 Å². The van der Waals surface area contributed by atoms with Gasteiger partial charge in [0.2, 0.25) is 0 Å². The van der Waals surface area contributed by atoms with Crippen LogP contribution in [-0.2, 0) is 14.3 Å². The summed E-state index contributed by atoms with van der Waals surface area (Å²) in [5.41, 5.74) is 0. The third-order valence-corrected chi connectivity index (χ3v) is 2.36. The molecule has 0 aliphatic rings. The van der Waals surface area contributed by atoms with Crippen LogP contribution in [0.4, 0.5) is 0 Å². The van der Waals surface area contributed by atoms with E-state index < -0.39 is 10.1 Å². The topological polar surface area (TPSA) is 43.4 Å². The van der Waals surface area contributed by atoms with Crippen molar-refractivity contribution < 1.29 is 12.6 Å². The predicted octanol–water partition coefficient (Wildman–Crippen LogP) is 0.504. The summed E-state index contributed by atoms with van der Waals surface area (Å²) >= 11 is 0. The third kappa shape index (κ3) is 8.82. The molecular formula is C6H15NaO3S. The molecule has 0 spiro atoms. The molecule has 0 atom stereocenters. The van der Waals surface area contributed by atoms with Gasteiger partial charge in [-0.25, -0.2) is 0 Å². The maximum atomic E-state index is 10.8. The summed E-state index contributed by atoms with van der Waals surface area (Å²) in [5, 5.41) is 0. The van der Waals surface area contributed by atoms with Crippen molar-refractivity contribution in [1.82, 2.24) is 0 Å². The van der Waals surface area contributed by atoms with E-state index in [-0.39, 0.29) is 35.3 Å². The SMILES string of the molecule is CCCOS(=O)(=O)CCC.[NaH]. The molecule has 5 heteroatoms. The minimum absolute atomic E-state index is 0. The number of hydrogen-bond donors (Lipinski definition) is 0. The first-order chi connectivity index (χ1) is 4.62. The molecule has 11 heavy (non-hydrogen) atoms. The van der Waals surface area contributed by atoms with E-state index in [1.165, 1.54) is 0 Å². The Balaban J connectivity index is 0. The second-order valence-corrected chi connectivity index (χ2v) is 3.84. The van der Waals surface area contributed by atoms with Gasteiger partial charge in [-0.15, -0.1) is 0 Å². The molecule has 0 aromatic carbocycles. The molecule has 0 rings (SSSR count). The van der Waals surface area contributed by atoms with Crippen LogP contribution in [0.2, 0.25) is 0 Å². The van der Waals surface area contributed by atoms with Crippen LogP contribution >= 0.6 is 0 Å². The van der Waals surface area contributed by atoms with E-state index in [1.807, 2.05) is 13.8 Å². The first-order valence-electron chi connectivity index (χ1n) is 3.49. The second kappa shape index (κ2) is 7.55. The van der Waals surface area contributed by atoms with Crippen LogP contribution in [0.5, 0.6) is 0 Å². The summed E-state index contributed by atoms with van der Waals surface area (Å²) in [6.45, 7) is 4.00. The van der Waals surface area contributed by atoms with E-state index in [0.29, 0.717) is 13.0 Å². The van der Waals surface area contributed by atoms with Gasteiger partial charge in [-0.2, -0.15) is 8.42 Å². The zero-order valence-corrected chi connectivity index (χ0v) is 7.28. The molecule has 0 aliphatic carbocycles. The van der Waals surface area contributed by atoms with Crippen LogP contribution in [-0.4, -0.2) is 50.3 Å². The maximum absolute atomic E-state index is 10.8. The molecule has 0 saturated heterocycles. The monoisotopic (exact) mass is 190 g/mol. The predicted molar refractivity (Wildman–Crippen MR) is 47.5 cm³/mol. The molecule has 64 valence electrons. The van der Waals surface area contributed by atoms with Gasteiger partial charge < -0.3 is 0 Å². The molecular weight excluding hydrogens is 175 g/mol. The van der Waals surface area contributed by atoms with Gasteiger partial charge in [-0.05, 0) is 12.8 Å². The minimum atomic E-state index is -3.19. The second-order valence-electron chi connectivity index (χ2n) is 2.08. The Morgan fingerprint density at radius 2 is 1.73 bits per heavy atom. The summed E-state index contributed by atoms with van der Waals surface area (Å²) in [5.74, 6) is 0.132. The first-order valence-corrected chi connectivity index (χ1v) is 5.07. The van der Waals surface area contributed by atoms with Gasteiger partial charge in [-0.3, -0.25) is 4.18 Å². The Morgan fingerprint density at radius 3 is 2.09 bits per heavy atom. The fraction of sp³-hybridized carbons (Fsp3) is 1.00. The average Bonchev–Trinajstić information content (AvgIpc) is 1.84. The van der Waals surface area contributed by atoms with E-state index >= 15 is 0 Å². The van der Waals surface area contributed by atoms with Crippen LogP contribution in [0.3, 0.4) is 0 Å². The Kier molecular flexibility index (Phi) is 9.91. The quantitative estimate of drug-likeness (QED) is 0.468. The van der Waals surface area contributed by atoms with E-state index in [1.54, 1.807) is 0 Å². The van der Waals surface area contributed by atoms with Crippen molar-refractivity contribution in [1.29, 1.82) is 0 Å². The molecule has 0 aliphatic heterocycles. The van der Waals surface area contributed by atoms with Crippen LogP contribution < -0.4 is 0 Å². The normalized spacial score (nSPS) is 10.7. The fourth-order valence-corrected chi connectivity index (χ4v) is 1.56. The Hall–Kier alpha value is 0.910. The molecule has 0 aromatic rings. The standard InChI is InChI=1S/C6H14O3S.Na.H/c1-3-5-9-10(7,8)6-4-2;;/h3-6H2,1-2H3;;. The van der Waals surface area contributed by atoms with E-state index in [2.05, 4.69) is 4.18 Å².